The molecule has 0 radical (unpaired) electrons. The van der Waals surface area contributed by atoms with Gasteiger partial charge in [-0.1, -0.05) is 41.6 Å². The third-order valence-electron chi connectivity index (χ3n) is 5.51. The van der Waals surface area contributed by atoms with E-state index < -0.39 is 12.0 Å². The highest BCUT2D eigenvalue weighted by atomic mass is 35.5. The molecule has 3 aromatic carbocycles. The second kappa shape index (κ2) is 9.91. The molecule has 1 aliphatic rings. The largest absolute Gasteiger partial charge is 0.462 e. The Morgan fingerprint density at radius 2 is 1.85 bits per heavy atom. The van der Waals surface area contributed by atoms with Gasteiger partial charge in [0.15, 0.2) is 0 Å². The highest BCUT2D eigenvalue weighted by Crippen LogP contribution is 2.42. The second-order valence-electron chi connectivity index (χ2n) is 7.80. The minimum atomic E-state index is -0.881. The number of ether oxygens (including phenoxy) is 1. The maximum Gasteiger partial charge on any atom is 0.338 e. The lowest BCUT2D eigenvalue weighted by molar-refractivity contribution is -0.117. The summed E-state index contributed by atoms with van der Waals surface area (Å²) < 4.78 is 5.14. The van der Waals surface area contributed by atoms with Crippen LogP contribution >= 0.6 is 23.4 Å². The van der Waals surface area contributed by atoms with Gasteiger partial charge < -0.3 is 10.1 Å². The lowest BCUT2D eigenvalue weighted by Crippen LogP contribution is -2.46. The zero-order chi connectivity index (χ0) is 24.4. The number of benzene rings is 3. The van der Waals surface area contributed by atoms with E-state index in [0.717, 1.165) is 15.4 Å². The summed E-state index contributed by atoms with van der Waals surface area (Å²) >= 11 is 7.53. The first kappa shape index (κ1) is 23.9. The lowest BCUT2D eigenvalue weighted by atomic mass is 10.1. The molecule has 0 aromatic heterocycles. The van der Waals surface area contributed by atoms with Crippen molar-refractivity contribution >= 4 is 52.5 Å². The number of carbonyl (C=O) groups is 3. The second-order valence-corrected chi connectivity index (χ2v) is 9.32. The minimum Gasteiger partial charge on any atom is -0.462 e. The van der Waals surface area contributed by atoms with Crippen molar-refractivity contribution in [3.8, 4) is 0 Å². The molecule has 0 saturated carbocycles. The number of carbonyl (C=O) groups excluding carboxylic acids is 3. The number of nitrogens with one attached hydrogen (secondary N) is 1. The molecule has 0 spiro atoms. The Morgan fingerprint density at radius 1 is 1.09 bits per heavy atom. The van der Waals surface area contributed by atoms with Gasteiger partial charge in [0.25, 0.3) is 5.91 Å². The third kappa shape index (κ3) is 4.67. The van der Waals surface area contributed by atoms with Crippen molar-refractivity contribution in [2.24, 2.45) is 0 Å². The SMILES string of the molecule is CCOC(=O)c1ccc2c(c1)N([C@H](C)C(=O)Nc1cc(Cl)ccc1C)C(=O)c1ccccc1S2. The summed E-state index contributed by atoms with van der Waals surface area (Å²) in [5, 5.41) is 3.38. The van der Waals surface area contributed by atoms with Crippen LogP contribution in [0.2, 0.25) is 5.02 Å². The Balaban J connectivity index is 1.78. The normalized spacial score (nSPS) is 13.4. The van der Waals surface area contributed by atoms with Gasteiger partial charge in [0.2, 0.25) is 5.91 Å². The number of aryl methyl sites for hydroxylation is 1. The summed E-state index contributed by atoms with van der Waals surface area (Å²) in [6, 6.07) is 16.7. The molecular formula is C26H23ClN2O4S. The van der Waals surface area contributed by atoms with E-state index in [0.29, 0.717) is 27.5 Å². The van der Waals surface area contributed by atoms with Crippen molar-refractivity contribution in [2.75, 3.05) is 16.8 Å². The molecule has 0 unspecified atom stereocenters. The lowest BCUT2D eigenvalue weighted by Gasteiger charge is -2.29. The van der Waals surface area contributed by atoms with E-state index in [-0.39, 0.29) is 18.4 Å². The smallest absolute Gasteiger partial charge is 0.338 e. The molecule has 0 bridgehead atoms. The van der Waals surface area contributed by atoms with Gasteiger partial charge in [0, 0.05) is 20.5 Å². The Bertz CT molecular complexity index is 1290. The predicted molar refractivity (Wildman–Crippen MR) is 134 cm³/mol. The van der Waals surface area contributed by atoms with Crippen LogP contribution in [-0.2, 0) is 9.53 Å². The summed E-state index contributed by atoms with van der Waals surface area (Å²) in [5.74, 6) is -1.19. The van der Waals surface area contributed by atoms with Crippen LogP contribution < -0.4 is 10.2 Å². The number of esters is 1. The number of fused-ring (bicyclic) bond motifs is 2. The maximum atomic E-state index is 13.7. The fourth-order valence-electron chi connectivity index (χ4n) is 3.69. The molecule has 1 N–H and O–H groups in total. The summed E-state index contributed by atoms with van der Waals surface area (Å²) in [4.78, 5) is 42.4. The molecule has 0 saturated heterocycles. The monoisotopic (exact) mass is 494 g/mol. The van der Waals surface area contributed by atoms with Gasteiger partial charge in [0.1, 0.15) is 6.04 Å². The quantitative estimate of drug-likeness (QED) is 0.442. The number of nitrogens with zero attached hydrogens (tertiary/aromatic N) is 1. The van der Waals surface area contributed by atoms with Crippen molar-refractivity contribution in [1.82, 2.24) is 0 Å². The fourth-order valence-corrected chi connectivity index (χ4v) is 4.91. The Hall–Kier alpha value is -3.29. The predicted octanol–water partition coefficient (Wildman–Crippen LogP) is 5.96. The van der Waals surface area contributed by atoms with Crippen molar-refractivity contribution < 1.29 is 19.1 Å². The maximum absolute atomic E-state index is 13.7. The van der Waals surface area contributed by atoms with Gasteiger partial charge in [0.05, 0.1) is 23.4 Å². The molecule has 0 aliphatic carbocycles. The first-order chi connectivity index (χ1) is 16.3. The van der Waals surface area contributed by atoms with Crippen LogP contribution in [0, 0.1) is 6.92 Å². The Morgan fingerprint density at radius 3 is 2.62 bits per heavy atom. The van der Waals surface area contributed by atoms with Crippen LogP contribution in [0.3, 0.4) is 0 Å². The van der Waals surface area contributed by atoms with E-state index in [4.69, 9.17) is 16.3 Å². The first-order valence-corrected chi connectivity index (χ1v) is 12.0. The highest BCUT2D eigenvalue weighted by molar-refractivity contribution is 7.99. The Labute approximate surface area is 207 Å². The number of halogens is 1. The molecule has 4 rings (SSSR count). The van der Waals surface area contributed by atoms with E-state index in [9.17, 15) is 14.4 Å². The summed E-state index contributed by atoms with van der Waals surface area (Å²) in [6.45, 7) is 5.48. The van der Waals surface area contributed by atoms with Crippen molar-refractivity contribution in [2.45, 2.75) is 36.6 Å². The average molecular weight is 495 g/mol. The highest BCUT2D eigenvalue weighted by Gasteiger charge is 2.34. The van der Waals surface area contributed by atoms with Gasteiger partial charge >= 0.3 is 5.97 Å². The van der Waals surface area contributed by atoms with Gasteiger partial charge in [-0.05, 0) is 68.8 Å². The van der Waals surface area contributed by atoms with Gasteiger partial charge in [-0.2, -0.15) is 0 Å². The standard InChI is InChI=1S/C26H23ClN2O4S/c1-4-33-26(32)17-10-12-23-21(13-17)29(25(31)19-7-5-6-8-22(19)34-23)16(3)24(30)28-20-14-18(27)11-9-15(20)2/h5-14,16H,4H2,1-3H3,(H,28,30)/t16-/m1/s1. The van der Waals surface area contributed by atoms with Crippen LogP contribution in [0.15, 0.2) is 70.5 Å². The number of amides is 2. The number of hydrogen-bond donors (Lipinski definition) is 1. The van der Waals surface area contributed by atoms with Crippen molar-refractivity contribution in [1.29, 1.82) is 0 Å². The molecule has 2 amide bonds. The molecule has 34 heavy (non-hydrogen) atoms. The van der Waals surface area contributed by atoms with Gasteiger partial charge in [-0.25, -0.2) is 4.79 Å². The van der Waals surface area contributed by atoms with E-state index in [1.807, 2.05) is 25.1 Å². The van der Waals surface area contributed by atoms with E-state index in [1.54, 1.807) is 56.3 Å². The zero-order valence-corrected chi connectivity index (χ0v) is 20.5. The topological polar surface area (TPSA) is 75.7 Å². The molecule has 3 aromatic rings. The fraction of sp³-hybridized carbons (Fsp3) is 0.192. The van der Waals surface area contributed by atoms with Crippen LogP contribution in [0.5, 0.6) is 0 Å². The van der Waals surface area contributed by atoms with E-state index in [2.05, 4.69) is 5.32 Å². The van der Waals surface area contributed by atoms with Crippen LogP contribution in [0.1, 0.15) is 40.1 Å². The van der Waals surface area contributed by atoms with E-state index in [1.165, 1.54) is 16.7 Å². The molecule has 1 aliphatic heterocycles. The molecule has 174 valence electrons. The molecule has 1 heterocycles. The van der Waals surface area contributed by atoms with Crippen LogP contribution in [0.25, 0.3) is 0 Å². The summed E-state index contributed by atoms with van der Waals surface area (Å²) in [5.41, 5.74) is 2.69. The number of anilines is 2. The molecule has 6 nitrogen and oxygen atoms in total. The molecular weight excluding hydrogens is 472 g/mol. The number of rotatable bonds is 5. The zero-order valence-electron chi connectivity index (χ0n) is 18.9. The van der Waals surface area contributed by atoms with Gasteiger partial charge in [-0.15, -0.1) is 0 Å². The van der Waals surface area contributed by atoms with E-state index >= 15 is 0 Å². The Kier molecular flexibility index (Phi) is 6.95. The summed E-state index contributed by atoms with van der Waals surface area (Å²) in [7, 11) is 0. The first-order valence-electron chi connectivity index (χ1n) is 10.8. The minimum absolute atomic E-state index is 0.233. The third-order valence-corrected chi connectivity index (χ3v) is 6.89. The van der Waals surface area contributed by atoms with Crippen LogP contribution in [0.4, 0.5) is 11.4 Å². The molecule has 8 heteroatoms. The average Bonchev–Trinajstić information content (AvgIpc) is 2.94. The van der Waals surface area contributed by atoms with Crippen LogP contribution in [-0.4, -0.2) is 30.4 Å². The van der Waals surface area contributed by atoms with Gasteiger partial charge in [-0.3, -0.25) is 14.5 Å². The number of hydrogen-bond acceptors (Lipinski definition) is 5. The summed E-state index contributed by atoms with van der Waals surface area (Å²) in [6.07, 6.45) is 0. The molecule has 1 atom stereocenters. The van der Waals surface area contributed by atoms with Crippen molar-refractivity contribution in [3.63, 3.8) is 0 Å². The van der Waals surface area contributed by atoms with Crippen molar-refractivity contribution in [3.05, 3.63) is 82.4 Å². The molecule has 0 fully saturated rings.